The van der Waals surface area contributed by atoms with E-state index in [1.807, 2.05) is 24.3 Å². The standard InChI is InChI=1S/C15H22N2O4S/c1-16(22(3,19)20)11-15(18)17-9-5-8-14(17)12-6-4-7-13(10-12)21-2/h4,6-7,10,14H,5,8-9,11H2,1-3H3. The van der Waals surface area contributed by atoms with Gasteiger partial charge >= 0.3 is 0 Å². The van der Waals surface area contributed by atoms with E-state index < -0.39 is 10.0 Å². The van der Waals surface area contributed by atoms with Crippen LogP contribution in [0.2, 0.25) is 0 Å². The summed E-state index contributed by atoms with van der Waals surface area (Å²) < 4.78 is 29.2. The van der Waals surface area contributed by atoms with Crippen LogP contribution < -0.4 is 4.74 Å². The number of rotatable bonds is 5. The lowest BCUT2D eigenvalue weighted by atomic mass is 10.0. The zero-order valence-corrected chi connectivity index (χ0v) is 14.0. The van der Waals surface area contributed by atoms with Gasteiger partial charge in [-0.25, -0.2) is 8.42 Å². The van der Waals surface area contributed by atoms with Gasteiger partial charge in [0.05, 0.1) is 26.0 Å². The van der Waals surface area contributed by atoms with Crippen molar-refractivity contribution >= 4 is 15.9 Å². The number of ether oxygens (including phenoxy) is 1. The molecular weight excluding hydrogens is 304 g/mol. The van der Waals surface area contributed by atoms with E-state index in [0.29, 0.717) is 6.54 Å². The number of carbonyl (C=O) groups is 1. The summed E-state index contributed by atoms with van der Waals surface area (Å²) in [6, 6.07) is 7.64. The first kappa shape index (κ1) is 16.8. The average Bonchev–Trinajstić information content (AvgIpc) is 2.95. The molecule has 1 fully saturated rings. The van der Waals surface area contributed by atoms with Gasteiger partial charge in [-0.2, -0.15) is 4.31 Å². The Kier molecular flexibility index (Phi) is 5.08. The Hall–Kier alpha value is -1.60. The number of amides is 1. The zero-order chi connectivity index (χ0) is 16.3. The van der Waals surface area contributed by atoms with Crippen molar-refractivity contribution in [2.24, 2.45) is 0 Å². The number of sulfonamides is 1. The van der Waals surface area contributed by atoms with E-state index in [1.165, 1.54) is 7.05 Å². The Labute approximate surface area is 131 Å². The summed E-state index contributed by atoms with van der Waals surface area (Å²) in [6.45, 7) is 0.525. The molecule has 0 aromatic heterocycles. The molecule has 7 heteroatoms. The van der Waals surface area contributed by atoms with Crippen LogP contribution in [-0.4, -0.2) is 57.0 Å². The summed E-state index contributed by atoms with van der Waals surface area (Å²) in [5.41, 5.74) is 1.02. The van der Waals surface area contributed by atoms with Crippen LogP contribution in [0, 0.1) is 0 Å². The van der Waals surface area contributed by atoms with Crippen molar-refractivity contribution in [2.75, 3.05) is 33.5 Å². The van der Waals surface area contributed by atoms with E-state index in [0.717, 1.165) is 34.7 Å². The lowest BCUT2D eigenvalue weighted by Gasteiger charge is -2.27. The highest BCUT2D eigenvalue weighted by atomic mass is 32.2. The van der Waals surface area contributed by atoms with E-state index in [2.05, 4.69) is 0 Å². The number of benzene rings is 1. The highest BCUT2D eigenvalue weighted by Crippen LogP contribution is 2.33. The first-order valence-electron chi connectivity index (χ1n) is 7.17. The first-order valence-corrected chi connectivity index (χ1v) is 9.02. The molecule has 0 radical (unpaired) electrons. The molecule has 0 bridgehead atoms. The average molecular weight is 326 g/mol. The third kappa shape index (κ3) is 3.78. The molecule has 0 N–H and O–H groups in total. The van der Waals surface area contributed by atoms with Crippen LogP contribution in [0.3, 0.4) is 0 Å². The van der Waals surface area contributed by atoms with E-state index in [-0.39, 0.29) is 18.5 Å². The molecule has 1 heterocycles. The lowest BCUT2D eigenvalue weighted by molar-refractivity contribution is -0.132. The predicted molar refractivity (Wildman–Crippen MR) is 84.2 cm³/mol. The Morgan fingerprint density at radius 1 is 1.45 bits per heavy atom. The maximum atomic E-state index is 12.4. The maximum absolute atomic E-state index is 12.4. The highest BCUT2D eigenvalue weighted by Gasteiger charge is 2.31. The van der Waals surface area contributed by atoms with Crippen LogP contribution in [-0.2, 0) is 14.8 Å². The molecule has 1 amide bonds. The number of methoxy groups -OCH3 is 1. The molecule has 6 nitrogen and oxygen atoms in total. The Morgan fingerprint density at radius 3 is 2.82 bits per heavy atom. The second-order valence-electron chi connectivity index (χ2n) is 5.54. The molecule has 0 spiro atoms. The van der Waals surface area contributed by atoms with Gasteiger partial charge < -0.3 is 9.64 Å². The van der Waals surface area contributed by atoms with Gasteiger partial charge in [0, 0.05) is 13.6 Å². The fourth-order valence-electron chi connectivity index (χ4n) is 2.66. The molecule has 122 valence electrons. The van der Waals surface area contributed by atoms with Crippen molar-refractivity contribution in [3.8, 4) is 5.75 Å². The summed E-state index contributed by atoms with van der Waals surface area (Å²) in [6.07, 6.45) is 2.89. The molecule has 22 heavy (non-hydrogen) atoms. The van der Waals surface area contributed by atoms with Crippen molar-refractivity contribution in [1.82, 2.24) is 9.21 Å². The van der Waals surface area contributed by atoms with Crippen molar-refractivity contribution in [1.29, 1.82) is 0 Å². The summed E-state index contributed by atoms with van der Waals surface area (Å²) in [5.74, 6) is 0.586. The second kappa shape index (κ2) is 6.66. The van der Waals surface area contributed by atoms with Gasteiger partial charge in [-0.3, -0.25) is 4.79 Å². The fraction of sp³-hybridized carbons (Fsp3) is 0.533. The molecule has 1 aromatic rings. The predicted octanol–water partition coefficient (Wildman–Crippen LogP) is 1.25. The first-order chi connectivity index (χ1) is 10.3. The Balaban J connectivity index is 2.14. The minimum Gasteiger partial charge on any atom is -0.497 e. The maximum Gasteiger partial charge on any atom is 0.238 e. The smallest absolute Gasteiger partial charge is 0.238 e. The quantitative estimate of drug-likeness (QED) is 0.817. The summed E-state index contributed by atoms with van der Waals surface area (Å²) >= 11 is 0. The van der Waals surface area contributed by atoms with Crippen molar-refractivity contribution in [3.63, 3.8) is 0 Å². The number of carbonyl (C=O) groups excluding carboxylic acids is 1. The highest BCUT2D eigenvalue weighted by molar-refractivity contribution is 7.88. The van der Waals surface area contributed by atoms with Crippen LogP contribution in [0.1, 0.15) is 24.4 Å². The summed E-state index contributed by atoms with van der Waals surface area (Å²) in [4.78, 5) is 14.2. The number of hydrogen-bond acceptors (Lipinski definition) is 4. The van der Waals surface area contributed by atoms with Gasteiger partial charge in [0.1, 0.15) is 5.75 Å². The molecule has 1 aliphatic heterocycles. The van der Waals surface area contributed by atoms with E-state index in [4.69, 9.17) is 4.74 Å². The molecule has 1 aromatic carbocycles. The normalized spacial score (nSPS) is 18.7. The lowest BCUT2D eigenvalue weighted by Crippen LogP contribution is -2.40. The van der Waals surface area contributed by atoms with E-state index in [1.54, 1.807) is 12.0 Å². The van der Waals surface area contributed by atoms with Crippen LogP contribution in [0.25, 0.3) is 0 Å². The SMILES string of the molecule is COc1cccc(C2CCCN2C(=O)CN(C)S(C)(=O)=O)c1. The van der Waals surface area contributed by atoms with Crippen molar-refractivity contribution < 1.29 is 17.9 Å². The molecule has 1 aliphatic rings. The zero-order valence-electron chi connectivity index (χ0n) is 13.2. The van der Waals surface area contributed by atoms with E-state index in [9.17, 15) is 13.2 Å². The van der Waals surface area contributed by atoms with Gasteiger partial charge in [0.15, 0.2) is 0 Å². The van der Waals surface area contributed by atoms with Gasteiger partial charge in [-0.1, -0.05) is 12.1 Å². The summed E-state index contributed by atoms with van der Waals surface area (Å²) in [7, 11) is -0.325. The Morgan fingerprint density at radius 2 is 2.18 bits per heavy atom. The molecule has 1 unspecified atom stereocenters. The van der Waals surface area contributed by atoms with E-state index >= 15 is 0 Å². The number of hydrogen-bond donors (Lipinski definition) is 0. The van der Waals surface area contributed by atoms with Gasteiger partial charge in [0.2, 0.25) is 15.9 Å². The number of nitrogens with zero attached hydrogens (tertiary/aromatic N) is 2. The largest absolute Gasteiger partial charge is 0.497 e. The summed E-state index contributed by atoms with van der Waals surface area (Å²) in [5, 5.41) is 0. The van der Waals surface area contributed by atoms with Gasteiger partial charge in [0.25, 0.3) is 0 Å². The number of likely N-dealkylation sites (N-methyl/N-ethyl adjacent to an activating group) is 1. The third-order valence-electron chi connectivity index (χ3n) is 3.98. The van der Waals surface area contributed by atoms with Gasteiger partial charge in [-0.15, -0.1) is 0 Å². The molecule has 2 rings (SSSR count). The monoisotopic (exact) mass is 326 g/mol. The van der Waals surface area contributed by atoms with Gasteiger partial charge in [-0.05, 0) is 30.5 Å². The van der Waals surface area contributed by atoms with Crippen LogP contribution >= 0.6 is 0 Å². The molecule has 1 atom stereocenters. The molecule has 1 saturated heterocycles. The number of likely N-dealkylation sites (tertiary alicyclic amines) is 1. The molecule has 0 aliphatic carbocycles. The fourth-order valence-corrected chi connectivity index (χ4v) is 3.00. The molecular formula is C15H22N2O4S. The third-order valence-corrected chi connectivity index (χ3v) is 5.24. The van der Waals surface area contributed by atoms with Crippen molar-refractivity contribution in [3.05, 3.63) is 29.8 Å². The van der Waals surface area contributed by atoms with Crippen LogP contribution in [0.15, 0.2) is 24.3 Å². The topological polar surface area (TPSA) is 66.9 Å². The minimum atomic E-state index is -3.35. The second-order valence-corrected chi connectivity index (χ2v) is 7.63. The van der Waals surface area contributed by atoms with Crippen molar-refractivity contribution in [2.45, 2.75) is 18.9 Å². The van der Waals surface area contributed by atoms with Crippen LogP contribution in [0.5, 0.6) is 5.75 Å². The Bertz CT molecular complexity index is 645. The van der Waals surface area contributed by atoms with Crippen LogP contribution in [0.4, 0.5) is 0 Å². The molecule has 0 saturated carbocycles. The minimum absolute atomic E-state index is 0.0180.